The number of hydrogen-bond acceptors (Lipinski definition) is 7. The first-order valence-corrected chi connectivity index (χ1v) is 10.7. The van der Waals surface area contributed by atoms with Crippen molar-refractivity contribution in [3.05, 3.63) is 35.0 Å². The van der Waals surface area contributed by atoms with E-state index < -0.39 is 15.7 Å². The van der Waals surface area contributed by atoms with Crippen LogP contribution in [-0.2, 0) is 19.4 Å². The van der Waals surface area contributed by atoms with Gasteiger partial charge in [-0.3, -0.25) is 4.79 Å². The van der Waals surface area contributed by atoms with Gasteiger partial charge in [-0.05, 0) is 24.6 Å². The second-order valence-corrected chi connectivity index (χ2v) is 8.88. The molecule has 0 saturated carbocycles. The summed E-state index contributed by atoms with van der Waals surface area (Å²) in [7, 11) is -0.104. The highest BCUT2D eigenvalue weighted by Crippen LogP contribution is 2.27. The van der Waals surface area contributed by atoms with E-state index >= 15 is 0 Å². The lowest BCUT2D eigenvalue weighted by atomic mass is 10.2. The van der Waals surface area contributed by atoms with Crippen molar-refractivity contribution in [2.45, 2.75) is 12.5 Å². The molecule has 152 valence electrons. The lowest BCUT2D eigenvalue weighted by Gasteiger charge is -2.26. The van der Waals surface area contributed by atoms with E-state index in [1.165, 1.54) is 26.5 Å². The first-order chi connectivity index (χ1) is 13.3. The SMILES string of the molecule is COCCN(/C=C(/C#N)C(=O)Nc1ccc(OC)c(Cl)c1)C1CCS(=O)(=O)C1. The average molecular weight is 428 g/mol. The Labute approximate surface area is 169 Å². The largest absolute Gasteiger partial charge is 0.495 e. The summed E-state index contributed by atoms with van der Waals surface area (Å²) in [6.45, 7) is 0.699. The van der Waals surface area contributed by atoms with Crippen LogP contribution in [0.3, 0.4) is 0 Å². The average Bonchev–Trinajstić information content (AvgIpc) is 3.01. The van der Waals surface area contributed by atoms with Gasteiger partial charge in [-0.15, -0.1) is 0 Å². The molecule has 1 saturated heterocycles. The van der Waals surface area contributed by atoms with Gasteiger partial charge in [0.15, 0.2) is 9.84 Å². The number of methoxy groups -OCH3 is 2. The Balaban J connectivity index is 2.19. The number of carbonyl (C=O) groups excluding carboxylic acids is 1. The minimum absolute atomic E-state index is 0.0123. The topological polar surface area (TPSA) is 109 Å². The van der Waals surface area contributed by atoms with Crippen molar-refractivity contribution in [1.29, 1.82) is 5.26 Å². The van der Waals surface area contributed by atoms with Crippen LogP contribution in [0, 0.1) is 11.3 Å². The molecule has 10 heteroatoms. The maximum absolute atomic E-state index is 12.5. The minimum Gasteiger partial charge on any atom is -0.495 e. The van der Waals surface area contributed by atoms with Crippen LogP contribution < -0.4 is 10.1 Å². The molecule has 0 bridgehead atoms. The van der Waals surface area contributed by atoms with Gasteiger partial charge in [-0.2, -0.15) is 5.26 Å². The molecule has 8 nitrogen and oxygen atoms in total. The van der Waals surface area contributed by atoms with E-state index in [1.54, 1.807) is 17.0 Å². The fraction of sp³-hybridized carbons (Fsp3) is 0.444. The summed E-state index contributed by atoms with van der Waals surface area (Å²) in [4.78, 5) is 14.2. The van der Waals surface area contributed by atoms with Gasteiger partial charge in [0.05, 0.1) is 30.2 Å². The van der Waals surface area contributed by atoms with Gasteiger partial charge >= 0.3 is 0 Å². The number of anilines is 1. The summed E-state index contributed by atoms with van der Waals surface area (Å²) < 4.78 is 33.7. The third kappa shape index (κ3) is 5.86. The van der Waals surface area contributed by atoms with Gasteiger partial charge < -0.3 is 19.7 Å². The molecule has 1 aliphatic heterocycles. The summed E-state index contributed by atoms with van der Waals surface area (Å²) in [6, 6.07) is 6.28. The Kier molecular flexibility index (Phi) is 7.69. The number of amides is 1. The van der Waals surface area contributed by atoms with Gasteiger partial charge in [0, 0.05) is 31.6 Å². The summed E-state index contributed by atoms with van der Waals surface area (Å²) in [6.07, 6.45) is 1.84. The fourth-order valence-corrected chi connectivity index (χ4v) is 4.83. The molecular formula is C18H22ClN3O5S. The Morgan fingerprint density at radius 2 is 2.21 bits per heavy atom. The number of rotatable bonds is 8. The van der Waals surface area contributed by atoms with Crippen LogP contribution in [0.4, 0.5) is 5.69 Å². The zero-order valence-corrected chi connectivity index (χ0v) is 17.2. The van der Waals surface area contributed by atoms with Crippen molar-refractivity contribution >= 4 is 33.0 Å². The van der Waals surface area contributed by atoms with Gasteiger partial charge in [-0.1, -0.05) is 11.6 Å². The number of sulfone groups is 1. The van der Waals surface area contributed by atoms with Crippen LogP contribution in [0.2, 0.25) is 5.02 Å². The Morgan fingerprint density at radius 1 is 1.46 bits per heavy atom. The summed E-state index contributed by atoms with van der Waals surface area (Å²) in [5.74, 6) is -0.0782. The van der Waals surface area contributed by atoms with Crippen molar-refractivity contribution in [3.8, 4) is 11.8 Å². The van der Waals surface area contributed by atoms with Gasteiger partial charge in [-0.25, -0.2) is 8.42 Å². The van der Waals surface area contributed by atoms with Gasteiger partial charge in [0.1, 0.15) is 17.4 Å². The van der Waals surface area contributed by atoms with Crippen LogP contribution in [0.1, 0.15) is 6.42 Å². The smallest absolute Gasteiger partial charge is 0.267 e. The fourth-order valence-electron chi connectivity index (χ4n) is 2.83. The highest BCUT2D eigenvalue weighted by molar-refractivity contribution is 7.91. The summed E-state index contributed by atoms with van der Waals surface area (Å²) >= 11 is 6.05. The molecular weight excluding hydrogens is 406 g/mol. The molecule has 0 spiro atoms. The van der Waals surface area contributed by atoms with Crippen LogP contribution in [0.25, 0.3) is 0 Å². The van der Waals surface area contributed by atoms with Crippen molar-refractivity contribution in [1.82, 2.24) is 4.90 Å². The quantitative estimate of drug-likeness (QED) is 0.498. The molecule has 1 aromatic rings. The molecule has 1 heterocycles. The zero-order chi connectivity index (χ0) is 20.7. The highest BCUT2D eigenvalue weighted by Gasteiger charge is 2.31. The van der Waals surface area contributed by atoms with E-state index in [-0.39, 0.29) is 23.1 Å². The van der Waals surface area contributed by atoms with Crippen LogP contribution >= 0.6 is 11.6 Å². The highest BCUT2D eigenvalue weighted by atomic mass is 35.5. The maximum atomic E-state index is 12.5. The molecule has 2 rings (SSSR count). The van der Waals surface area contributed by atoms with Crippen molar-refractivity contribution in [2.24, 2.45) is 0 Å². The number of ether oxygens (including phenoxy) is 2. The van der Waals surface area contributed by atoms with E-state index in [0.717, 1.165) is 0 Å². The molecule has 1 fully saturated rings. The van der Waals surface area contributed by atoms with E-state index in [2.05, 4.69) is 5.32 Å². The van der Waals surface area contributed by atoms with E-state index in [0.29, 0.717) is 36.0 Å². The molecule has 0 aromatic heterocycles. The van der Waals surface area contributed by atoms with Crippen molar-refractivity contribution < 1.29 is 22.7 Å². The number of nitrogens with one attached hydrogen (secondary N) is 1. The van der Waals surface area contributed by atoms with Gasteiger partial charge in [0.25, 0.3) is 5.91 Å². The lowest BCUT2D eigenvalue weighted by molar-refractivity contribution is -0.112. The second-order valence-electron chi connectivity index (χ2n) is 6.25. The first-order valence-electron chi connectivity index (χ1n) is 8.51. The number of halogens is 1. The molecule has 1 N–H and O–H groups in total. The summed E-state index contributed by atoms with van der Waals surface area (Å²) in [5, 5.41) is 12.4. The monoisotopic (exact) mass is 427 g/mol. The Morgan fingerprint density at radius 3 is 2.75 bits per heavy atom. The molecule has 0 radical (unpaired) electrons. The third-order valence-corrected chi connectivity index (χ3v) is 6.35. The molecule has 1 aliphatic rings. The molecule has 28 heavy (non-hydrogen) atoms. The van der Waals surface area contributed by atoms with E-state index in [4.69, 9.17) is 21.1 Å². The van der Waals surface area contributed by atoms with E-state index in [9.17, 15) is 18.5 Å². The molecule has 1 aromatic carbocycles. The molecule has 0 aliphatic carbocycles. The second kappa shape index (κ2) is 9.78. The third-order valence-electron chi connectivity index (χ3n) is 4.30. The Bertz CT molecular complexity index is 895. The maximum Gasteiger partial charge on any atom is 0.267 e. The predicted molar refractivity (Wildman–Crippen MR) is 106 cm³/mol. The number of nitriles is 1. The summed E-state index contributed by atoms with van der Waals surface area (Å²) in [5.41, 5.74) is 0.260. The molecule has 1 atom stereocenters. The Hall–Kier alpha value is -2.28. The molecule has 1 unspecified atom stereocenters. The van der Waals surface area contributed by atoms with E-state index in [1.807, 2.05) is 6.07 Å². The number of carbonyl (C=O) groups is 1. The lowest BCUT2D eigenvalue weighted by Crippen LogP contribution is -2.35. The van der Waals surface area contributed by atoms with Crippen molar-refractivity contribution in [3.63, 3.8) is 0 Å². The van der Waals surface area contributed by atoms with Crippen molar-refractivity contribution in [2.75, 3.05) is 44.2 Å². The zero-order valence-electron chi connectivity index (χ0n) is 15.6. The first kappa shape index (κ1) is 22.0. The van der Waals surface area contributed by atoms with Crippen LogP contribution in [-0.4, -0.2) is 64.1 Å². The number of nitrogens with zero attached hydrogens (tertiary/aromatic N) is 2. The standard InChI is InChI=1S/C18H22ClN3O5S/c1-26-7-6-22(15-5-8-28(24,25)12-15)11-13(10-20)18(23)21-14-3-4-17(27-2)16(19)9-14/h3-4,9,11,15H,5-8,12H2,1-2H3,(H,21,23)/b13-11-. The number of hydrogen-bond donors (Lipinski definition) is 1. The van der Waals surface area contributed by atoms with Crippen LogP contribution in [0.15, 0.2) is 30.0 Å². The predicted octanol–water partition coefficient (Wildman–Crippen LogP) is 1.83. The number of benzene rings is 1. The van der Waals surface area contributed by atoms with Gasteiger partial charge in [0.2, 0.25) is 0 Å². The normalized spacial score (nSPS) is 18.4. The van der Waals surface area contributed by atoms with Crippen LogP contribution in [0.5, 0.6) is 5.75 Å². The molecule has 1 amide bonds. The minimum atomic E-state index is -3.11.